The van der Waals surface area contributed by atoms with Gasteiger partial charge in [-0.05, 0) is 5.21 Å². The van der Waals surface area contributed by atoms with Crippen molar-refractivity contribution in [2.24, 2.45) is 0 Å². The smallest absolute Gasteiger partial charge is 0.177 e. The van der Waals surface area contributed by atoms with Gasteiger partial charge in [-0.3, -0.25) is 0 Å². The van der Waals surface area contributed by atoms with E-state index >= 15 is 0 Å². The zero-order chi connectivity index (χ0) is 9.80. The summed E-state index contributed by atoms with van der Waals surface area (Å²) in [6, 6.07) is 9.66. The molecule has 0 bridgehead atoms. The molecule has 2 aromatic rings. The normalized spacial score (nSPS) is 9.79. The van der Waals surface area contributed by atoms with Gasteiger partial charge in [-0.1, -0.05) is 30.3 Å². The second-order valence-corrected chi connectivity index (χ2v) is 2.65. The van der Waals surface area contributed by atoms with Crippen molar-refractivity contribution in [3.05, 3.63) is 36.5 Å². The van der Waals surface area contributed by atoms with E-state index in [0.717, 1.165) is 5.56 Å². The Hall–Kier alpha value is -1.97. The van der Waals surface area contributed by atoms with E-state index in [1.54, 1.807) is 7.11 Å². The first-order chi connectivity index (χ1) is 6.92. The Morgan fingerprint density at radius 1 is 1.21 bits per heavy atom. The minimum atomic E-state index is 0.506. The molecule has 0 spiro atoms. The molecule has 1 aromatic heterocycles. The second-order valence-electron chi connectivity index (χ2n) is 2.65. The molecule has 0 atom stereocenters. The lowest BCUT2D eigenvalue weighted by atomic mass is 10.1. The molecule has 0 saturated heterocycles. The van der Waals surface area contributed by atoms with Crippen molar-refractivity contribution in [3.8, 4) is 17.0 Å². The van der Waals surface area contributed by atoms with Crippen molar-refractivity contribution in [1.82, 2.24) is 15.4 Å². The summed E-state index contributed by atoms with van der Waals surface area (Å²) in [6.07, 6.45) is 2.64. The molecule has 4 nitrogen and oxygen atoms in total. The first-order valence-corrected chi connectivity index (χ1v) is 4.12. The van der Waals surface area contributed by atoms with Gasteiger partial charge in [0, 0.05) is 5.56 Å². The Labute approximate surface area is 81.6 Å². The van der Waals surface area contributed by atoms with Crippen LogP contribution in [0.3, 0.4) is 0 Å². The molecule has 0 aliphatic rings. The van der Waals surface area contributed by atoms with Gasteiger partial charge >= 0.3 is 0 Å². The van der Waals surface area contributed by atoms with Crippen LogP contribution in [0.25, 0.3) is 11.3 Å². The largest absolute Gasteiger partial charge is 0.492 e. The Morgan fingerprint density at radius 2 is 2.00 bits per heavy atom. The van der Waals surface area contributed by atoms with Gasteiger partial charge < -0.3 is 4.74 Å². The number of hydrogen-bond acceptors (Lipinski definition) is 4. The number of nitrogens with zero attached hydrogens (tertiary/aromatic N) is 3. The standard InChI is InChI=1S/C10H8N3O/c1-14-9-7-11-13-12-10(9)8-5-3-2-4-6-8/h2-6H,1H3. The Balaban J connectivity index is 2.51. The number of methoxy groups -OCH3 is 1. The molecule has 0 saturated carbocycles. The third-order valence-corrected chi connectivity index (χ3v) is 1.81. The number of rotatable bonds is 2. The molecular weight excluding hydrogens is 178 g/mol. The van der Waals surface area contributed by atoms with Crippen LogP contribution in [0.5, 0.6) is 5.75 Å². The maximum absolute atomic E-state index is 5.08. The predicted octanol–water partition coefficient (Wildman–Crippen LogP) is 1.35. The van der Waals surface area contributed by atoms with Crippen LogP contribution in [-0.2, 0) is 0 Å². The molecule has 14 heavy (non-hydrogen) atoms. The van der Waals surface area contributed by atoms with Crippen LogP contribution >= 0.6 is 0 Å². The SMILES string of the molecule is COc1[c]nnnc1-c1ccccc1. The first-order valence-electron chi connectivity index (χ1n) is 4.12. The number of hydrogen-bond donors (Lipinski definition) is 0. The van der Waals surface area contributed by atoms with E-state index in [0.29, 0.717) is 11.4 Å². The summed E-state index contributed by atoms with van der Waals surface area (Å²) in [7, 11) is 1.56. The zero-order valence-electron chi connectivity index (χ0n) is 7.64. The highest BCUT2D eigenvalue weighted by Gasteiger charge is 2.07. The Kier molecular flexibility index (Phi) is 2.36. The quantitative estimate of drug-likeness (QED) is 0.710. The molecular formula is C10H8N3O. The van der Waals surface area contributed by atoms with Crippen molar-refractivity contribution >= 4 is 0 Å². The topological polar surface area (TPSA) is 47.9 Å². The van der Waals surface area contributed by atoms with Gasteiger partial charge in [0.2, 0.25) is 0 Å². The molecule has 0 fully saturated rings. The lowest BCUT2D eigenvalue weighted by Gasteiger charge is -2.03. The van der Waals surface area contributed by atoms with Gasteiger partial charge in [-0.2, -0.15) is 0 Å². The molecule has 0 N–H and O–H groups in total. The summed E-state index contributed by atoms with van der Waals surface area (Å²) < 4.78 is 5.08. The minimum Gasteiger partial charge on any atom is -0.492 e. The molecule has 4 heteroatoms. The number of ether oxygens (including phenoxy) is 1. The maximum atomic E-state index is 5.08. The summed E-state index contributed by atoms with van der Waals surface area (Å²) in [5.41, 5.74) is 1.60. The highest BCUT2D eigenvalue weighted by Crippen LogP contribution is 2.24. The van der Waals surface area contributed by atoms with E-state index < -0.39 is 0 Å². The van der Waals surface area contributed by atoms with Crippen LogP contribution in [0.1, 0.15) is 0 Å². The summed E-state index contributed by atoms with van der Waals surface area (Å²) in [6.45, 7) is 0. The maximum Gasteiger partial charge on any atom is 0.177 e. The fraction of sp³-hybridized carbons (Fsp3) is 0.100. The number of benzene rings is 1. The van der Waals surface area contributed by atoms with Gasteiger partial charge in [0.25, 0.3) is 0 Å². The summed E-state index contributed by atoms with van der Waals surface area (Å²) in [5.74, 6) is 0.506. The molecule has 69 valence electrons. The van der Waals surface area contributed by atoms with Gasteiger partial charge in [0.15, 0.2) is 11.9 Å². The van der Waals surface area contributed by atoms with Gasteiger partial charge in [0.05, 0.1) is 7.11 Å². The van der Waals surface area contributed by atoms with Crippen LogP contribution < -0.4 is 4.74 Å². The first kappa shape index (κ1) is 8.62. The molecule has 1 radical (unpaired) electrons. The van der Waals surface area contributed by atoms with E-state index in [2.05, 4.69) is 21.6 Å². The molecule has 0 aliphatic carbocycles. The molecule has 0 aliphatic heterocycles. The van der Waals surface area contributed by atoms with Gasteiger partial charge in [0.1, 0.15) is 5.69 Å². The summed E-state index contributed by atoms with van der Waals surface area (Å²) in [4.78, 5) is 0. The highest BCUT2D eigenvalue weighted by molar-refractivity contribution is 5.64. The molecule has 1 aromatic carbocycles. The Morgan fingerprint density at radius 3 is 2.71 bits per heavy atom. The van der Waals surface area contributed by atoms with Crippen molar-refractivity contribution in [3.63, 3.8) is 0 Å². The number of aromatic nitrogens is 3. The lowest BCUT2D eigenvalue weighted by Crippen LogP contribution is -1.95. The average Bonchev–Trinajstić information content (AvgIpc) is 2.30. The fourth-order valence-corrected chi connectivity index (χ4v) is 1.16. The van der Waals surface area contributed by atoms with E-state index in [4.69, 9.17) is 4.74 Å². The second kappa shape index (κ2) is 3.83. The van der Waals surface area contributed by atoms with Crippen LogP contribution in [0.15, 0.2) is 30.3 Å². The van der Waals surface area contributed by atoms with Crippen molar-refractivity contribution in [2.45, 2.75) is 0 Å². The van der Waals surface area contributed by atoms with E-state index in [1.165, 1.54) is 0 Å². The third-order valence-electron chi connectivity index (χ3n) is 1.81. The molecule has 1 heterocycles. The molecule has 0 amide bonds. The molecule has 2 rings (SSSR count). The van der Waals surface area contributed by atoms with Gasteiger partial charge in [-0.15, -0.1) is 10.2 Å². The lowest BCUT2D eigenvalue weighted by molar-refractivity contribution is 0.409. The summed E-state index contributed by atoms with van der Waals surface area (Å²) >= 11 is 0. The van der Waals surface area contributed by atoms with Gasteiger partial charge in [-0.25, -0.2) is 0 Å². The fourth-order valence-electron chi connectivity index (χ4n) is 1.16. The van der Waals surface area contributed by atoms with Crippen molar-refractivity contribution in [1.29, 1.82) is 0 Å². The van der Waals surface area contributed by atoms with Crippen LogP contribution in [0, 0.1) is 6.20 Å². The van der Waals surface area contributed by atoms with Crippen LogP contribution in [0.4, 0.5) is 0 Å². The highest BCUT2D eigenvalue weighted by atomic mass is 16.5. The van der Waals surface area contributed by atoms with E-state index in [1.807, 2.05) is 30.3 Å². The molecule has 0 unspecified atom stereocenters. The minimum absolute atomic E-state index is 0.506. The predicted molar refractivity (Wildman–Crippen MR) is 50.7 cm³/mol. The van der Waals surface area contributed by atoms with Crippen molar-refractivity contribution in [2.75, 3.05) is 7.11 Å². The van der Waals surface area contributed by atoms with E-state index in [-0.39, 0.29) is 0 Å². The monoisotopic (exact) mass is 186 g/mol. The average molecular weight is 186 g/mol. The summed E-state index contributed by atoms with van der Waals surface area (Å²) in [5, 5.41) is 11.0. The zero-order valence-corrected chi connectivity index (χ0v) is 7.64. The van der Waals surface area contributed by atoms with Crippen LogP contribution in [-0.4, -0.2) is 22.5 Å². The van der Waals surface area contributed by atoms with Crippen LogP contribution in [0.2, 0.25) is 0 Å². The van der Waals surface area contributed by atoms with Crippen molar-refractivity contribution < 1.29 is 4.74 Å². The third kappa shape index (κ3) is 1.54. The van der Waals surface area contributed by atoms with E-state index in [9.17, 15) is 0 Å². The Bertz CT molecular complexity index is 417.